The van der Waals surface area contributed by atoms with Gasteiger partial charge in [0.05, 0.1) is 5.56 Å². The third kappa shape index (κ3) is 4.93. The third-order valence-corrected chi connectivity index (χ3v) is 5.98. The number of aromatic nitrogens is 2. The van der Waals surface area contributed by atoms with Gasteiger partial charge in [0.25, 0.3) is 5.56 Å². The van der Waals surface area contributed by atoms with Crippen molar-refractivity contribution in [3.05, 3.63) is 80.6 Å². The van der Waals surface area contributed by atoms with Crippen LogP contribution in [0.25, 0.3) is 0 Å². The number of hydrogen-bond acceptors (Lipinski definition) is 5. The summed E-state index contributed by atoms with van der Waals surface area (Å²) in [5, 5.41) is 3.82. The number of carbonyl (C=O) groups is 1. The fourth-order valence-corrected chi connectivity index (χ4v) is 4.42. The van der Waals surface area contributed by atoms with Crippen LogP contribution >= 0.6 is 23.4 Å². The molecule has 1 aromatic heterocycles. The summed E-state index contributed by atoms with van der Waals surface area (Å²) in [6.45, 7) is 0.174. The van der Waals surface area contributed by atoms with E-state index >= 15 is 0 Å². The number of carbonyl (C=O) groups excluding carboxylic acids is 1. The summed E-state index contributed by atoms with van der Waals surface area (Å²) in [5.74, 6) is 3.34. The van der Waals surface area contributed by atoms with Crippen LogP contribution in [0, 0.1) is 12.3 Å². The van der Waals surface area contributed by atoms with Crippen molar-refractivity contribution in [3.63, 3.8) is 0 Å². The molecule has 0 saturated heterocycles. The number of fused-ring (bicyclic) bond motifs is 1. The SMILES string of the molecule is C#CCOc1ccc([C@@H]2CC(=O)Nc3nc(SCc4cccc(Cl)c4)[nH]c(=O)c32)cc1. The Labute approximate surface area is 188 Å². The lowest BCUT2D eigenvalue weighted by atomic mass is 9.87. The summed E-state index contributed by atoms with van der Waals surface area (Å²) in [4.78, 5) is 32.6. The van der Waals surface area contributed by atoms with Gasteiger partial charge in [-0.15, -0.1) is 6.42 Å². The molecule has 2 heterocycles. The maximum absolute atomic E-state index is 12.9. The number of aromatic amines is 1. The van der Waals surface area contributed by atoms with Gasteiger partial charge in [-0.3, -0.25) is 9.59 Å². The Hall–Kier alpha value is -3.21. The van der Waals surface area contributed by atoms with Gasteiger partial charge in [-0.25, -0.2) is 4.98 Å². The van der Waals surface area contributed by atoms with Gasteiger partial charge in [0.1, 0.15) is 18.2 Å². The average Bonchev–Trinajstić information content (AvgIpc) is 2.76. The van der Waals surface area contributed by atoms with E-state index in [9.17, 15) is 9.59 Å². The highest BCUT2D eigenvalue weighted by Crippen LogP contribution is 2.35. The number of hydrogen-bond donors (Lipinski definition) is 2. The first kappa shape index (κ1) is 21.0. The van der Waals surface area contributed by atoms with Crippen LogP contribution in [0.1, 0.15) is 29.0 Å². The first-order valence-electron chi connectivity index (χ1n) is 9.51. The minimum absolute atomic E-state index is 0.164. The molecule has 0 fully saturated rings. The molecule has 8 heteroatoms. The summed E-state index contributed by atoms with van der Waals surface area (Å²) in [7, 11) is 0. The normalized spacial score (nSPS) is 15.0. The summed E-state index contributed by atoms with van der Waals surface area (Å²) < 4.78 is 5.39. The van der Waals surface area contributed by atoms with Crippen LogP contribution < -0.4 is 15.6 Å². The van der Waals surface area contributed by atoms with Crippen LogP contribution in [-0.2, 0) is 10.5 Å². The van der Waals surface area contributed by atoms with E-state index in [0.717, 1.165) is 11.1 Å². The quantitative estimate of drug-likeness (QED) is 0.333. The second kappa shape index (κ2) is 9.29. The Balaban J connectivity index is 1.59. The molecule has 1 aliphatic heterocycles. The van der Waals surface area contributed by atoms with Gasteiger partial charge in [-0.1, -0.05) is 53.5 Å². The van der Waals surface area contributed by atoms with E-state index < -0.39 is 5.92 Å². The number of nitrogens with zero attached hydrogens (tertiary/aromatic N) is 1. The molecule has 0 radical (unpaired) electrons. The number of nitrogens with one attached hydrogen (secondary N) is 2. The molecule has 6 nitrogen and oxygen atoms in total. The lowest BCUT2D eigenvalue weighted by Gasteiger charge is -2.24. The van der Waals surface area contributed by atoms with Crippen LogP contribution in [0.3, 0.4) is 0 Å². The largest absolute Gasteiger partial charge is 0.481 e. The van der Waals surface area contributed by atoms with Crippen LogP contribution in [0.15, 0.2) is 58.5 Å². The van der Waals surface area contributed by atoms with Crippen molar-refractivity contribution in [3.8, 4) is 18.1 Å². The van der Waals surface area contributed by atoms with E-state index in [-0.39, 0.29) is 24.5 Å². The Morgan fingerprint density at radius 3 is 2.77 bits per heavy atom. The molecule has 0 bridgehead atoms. The Kier molecular flexibility index (Phi) is 6.31. The lowest BCUT2D eigenvalue weighted by molar-refractivity contribution is -0.116. The number of terminal acetylenes is 1. The van der Waals surface area contributed by atoms with Crippen molar-refractivity contribution < 1.29 is 9.53 Å². The molecule has 0 spiro atoms. The Bertz CT molecular complexity index is 1220. The molecule has 3 aromatic rings. The first-order chi connectivity index (χ1) is 15.0. The van der Waals surface area contributed by atoms with Gasteiger partial charge in [0.15, 0.2) is 5.16 Å². The second-order valence-electron chi connectivity index (χ2n) is 6.92. The molecule has 4 rings (SSSR count). The van der Waals surface area contributed by atoms with E-state index in [2.05, 4.69) is 21.2 Å². The topological polar surface area (TPSA) is 84.1 Å². The molecule has 1 aliphatic rings. The fourth-order valence-electron chi connectivity index (χ4n) is 3.40. The van der Waals surface area contributed by atoms with Crippen molar-refractivity contribution in [2.75, 3.05) is 11.9 Å². The Morgan fingerprint density at radius 2 is 2.03 bits per heavy atom. The number of benzene rings is 2. The zero-order valence-corrected chi connectivity index (χ0v) is 17.9. The minimum atomic E-state index is -0.395. The first-order valence-corrected chi connectivity index (χ1v) is 10.9. The Morgan fingerprint density at radius 1 is 1.23 bits per heavy atom. The predicted octanol–water partition coefficient (Wildman–Crippen LogP) is 4.20. The van der Waals surface area contributed by atoms with Crippen LogP contribution in [0.5, 0.6) is 5.75 Å². The molecule has 2 N–H and O–H groups in total. The molecular formula is C23H18ClN3O3S. The highest BCUT2D eigenvalue weighted by atomic mass is 35.5. The zero-order chi connectivity index (χ0) is 21.8. The number of thioether (sulfide) groups is 1. The molecule has 0 aliphatic carbocycles. The predicted molar refractivity (Wildman–Crippen MR) is 122 cm³/mol. The van der Waals surface area contributed by atoms with Crippen molar-refractivity contribution in [2.24, 2.45) is 0 Å². The molecule has 0 saturated carbocycles. The van der Waals surface area contributed by atoms with E-state index in [1.165, 1.54) is 11.8 Å². The van der Waals surface area contributed by atoms with Crippen molar-refractivity contribution in [1.82, 2.24) is 9.97 Å². The summed E-state index contributed by atoms with van der Waals surface area (Å²) in [5.41, 5.74) is 2.02. The molecule has 1 amide bonds. The molecular weight excluding hydrogens is 434 g/mol. The number of ether oxygens (including phenoxy) is 1. The number of anilines is 1. The monoisotopic (exact) mass is 451 g/mol. The zero-order valence-electron chi connectivity index (χ0n) is 16.4. The minimum Gasteiger partial charge on any atom is -0.481 e. The van der Waals surface area contributed by atoms with E-state index in [4.69, 9.17) is 22.8 Å². The van der Waals surface area contributed by atoms with Gasteiger partial charge >= 0.3 is 0 Å². The third-order valence-electron chi connectivity index (χ3n) is 4.80. The second-order valence-corrected chi connectivity index (χ2v) is 8.32. The summed E-state index contributed by atoms with van der Waals surface area (Å²) in [6.07, 6.45) is 5.37. The van der Waals surface area contributed by atoms with E-state index in [1.54, 1.807) is 18.2 Å². The molecule has 2 aromatic carbocycles. The number of halogens is 1. The van der Waals surface area contributed by atoms with Gasteiger partial charge in [-0.05, 0) is 35.4 Å². The van der Waals surface area contributed by atoms with E-state index in [1.807, 2.05) is 30.3 Å². The lowest BCUT2D eigenvalue weighted by Crippen LogP contribution is -2.31. The van der Waals surface area contributed by atoms with Crippen molar-refractivity contribution in [2.45, 2.75) is 23.2 Å². The highest BCUT2D eigenvalue weighted by Gasteiger charge is 2.31. The van der Waals surface area contributed by atoms with Crippen LogP contribution in [0.4, 0.5) is 5.82 Å². The average molecular weight is 452 g/mol. The number of amides is 1. The molecule has 31 heavy (non-hydrogen) atoms. The summed E-state index contributed by atoms with van der Waals surface area (Å²) >= 11 is 7.39. The van der Waals surface area contributed by atoms with Crippen molar-refractivity contribution in [1.29, 1.82) is 0 Å². The molecule has 156 valence electrons. The maximum Gasteiger partial charge on any atom is 0.257 e. The summed E-state index contributed by atoms with van der Waals surface area (Å²) in [6, 6.07) is 14.7. The van der Waals surface area contributed by atoms with Crippen LogP contribution in [-0.4, -0.2) is 22.5 Å². The van der Waals surface area contributed by atoms with Gasteiger partial charge in [0, 0.05) is 23.1 Å². The maximum atomic E-state index is 12.9. The number of H-pyrrole nitrogens is 1. The number of rotatable bonds is 6. The molecule has 0 unspecified atom stereocenters. The fraction of sp³-hybridized carbons (Fsp3) is 0.174. The highest BCUT2D eigenvalue weighted by molar-refractivity contribution is 7.98. The van der Waals surface area contributed by atoms with Gasteiger partial charge in [0.2, 0.25) is 5.91 Å². The molecule has 1 atom stereocenters. The van der Waals surface area contributed by atoms with Crippen LogP contribution in [0.2, 0.25) is 5.02 Å². The van der Waals surface area contributed by atoms with Crippen molar-refractivity contribution >= 4 is 35.1 Å². The standard InChI is InChI=1S/C23H18ClN3O3S/c1-2-10-30-17-8-6-15(7-9-17)18-12-19(28)25-21-20(18)22(29)27-23(26-21)31-13-14-4-3-5-16(24)11-14/h1,3-9,11,18H,10,12-13H2,(H2,25,26,27,28,29)/t18-/m0/s1. The van der Waals surface area contributed by atoms with Gasteiger partial charge in [-0.2, -0.15) is 0 Å². The smallest absolute Gasteiger partial charge is 0.257 e. The van der Waals surface area contributed by atoms with Gasteiger partial charge < -0.3 is 15.0 Å². The van der Waals surface area contributed by atoms with E-state index in [0.29, 0.717) is 33.1 Å².